The predicted octanol–water partition coefficient (Wildman–Crippen LogP) is 3.31. The van der Waals surface area contributed by atoms with Crippen LogP contribution < -0.4 is 4.74 Å². The third-order valence-electron chi connectivity index (χ3n) is 2.39. The summed E-state index contributed by atoms with van der Waals surface area (Å²) in [5.74, 6) is 1.51. The average molecular weight is 221 g/mol. The lowest BCUT2D eigenvalue weighted by atomic mass is 10.1. The summed E-state index contributed by atoms with van der Waals surface area (Å²) in [5.41, 5.74) is 1.51. The molecule has 0 heterocycles. The number of rotatable bonds is 5. The summed E-state index contributed by atoms with van der Waals surface area (Å²) < 4.78 is 5.58. The highest BCUT2D eigenvalue weighted by molar-refractivity contribution is 5.98. The van der Waals surface area contributed by atoms with E-state index in [0.29, 0.717) is 11.6 Å². The molecule has 1 aromatic rings. The molecule has 0 aromatic heterocycles. The lowest BCUT2D eigenvalue weighted by Gasteiger charge is -2.08. The average Bonchev–Trinajstić information content (AvgIpc) is 2.28. The normalized spacial score (nSPS) is 11.9. The van der Waals surface area contributed by atoms with Gasteiger partial charge in [-0.25, -0.2) is 0 Å². The lowest BCUT2D eigenvalue weighted by molar-refractivity contribution is 0.289. The van der Waals surface area contributed by atoms with Crippen LogP contribution >= 0.6 is 0 Å². The van der Waals surface area contributed by atoms with Gasteiger partial charge in [-0.05, 0) is 49.1 Å². The summed E-state index contributed by atoms with van der Waals surface area (Å²) in [6.07, 6.45) is 1.05. The Morgan fingerprint density at radius 2 is 1.94 bits per heavy atom. The molecule has 3 nitrogen and oxygen atoms in total. The molecule has 0 saturated heterocycles. The molecule has 88 valence electrons. The third kappa shape index (κ3) is 3.93. The molecule has 0 atom stereocenters. The Bertz CT molecular complexity index is 341. The van der Waals surface area contributed by atoms with E-state index in [1.165, 1.54) is 0 Å². The van der Waals surface area contributed by atoms with E-state index in [1.54, 1.807) is 6.92 Å². The predicted molar refractivity (Wildman–Crippen MR) is 65.4 cm³/mol. The summed E-state index contributed by atoms with van der Waals surface area (Å²) in [5, 5.41) is 11.8. The van der Waals surface area contributed by atoms with Crippen LogP contribution in [0.4, 0.5) is 0 Å². The second-order valence-electron chi connectivity index (χ2n) is 4.24. The van der Waals surface area contributed by atoms with Gasteiger partial charge in [0.1, 0.15) is 5.75 Å². The van der Waals surface area contributed by atoms with Gasteiger partial charge in [-0.2, -0.15) is 0 Å². The van der Waals surface area contributed by atoms with E-state index in [0.717, 1.165) is 24.3 Å². The summed E-state index contributed by atoms with van der Waals surface area (Å²) in [7, 11) is 0. The maximum atomic E-state index is 8.62. The van der Waals surface area contributed by atoms with Gasteiger partial charge in [-0.1, -0.05) is 19.0 Å². The van der Waals surface area contributed by atoms with E-state index in [1.807, 2.05) is 24.3 Å². The van der Waals surface area contributed by atoms with E-state index in [4.69, 9.17) is 9.94 Å². The van der Waals surface area contributed by atoms with Gasteiger partial charge < -0.3 is 9.94 Å². The van der Waals surface area contributed by atoms with Crippen molar-refractivity contribution in [2.45, 2.75) is 27.2 Å². The Morgan fingerprint density at radius 3 is 2.44 bits per heavy atom. The molecule has 0 spiro atoms. The maximum absolute atomic E-state index is 8.62. The number of benzene rings is 1. The smallest absolute Gasteiger partial charge is 0.119 e. The van der Waals surface area contributed by atoms with Crippen LogP contribution in [-0.2, 0) is 0 Å². The van der Waals surface area contributed by atoms with Crippen molar-refractivity contribution in [3.63, 3.8) is 0 Å². The topological polar surface area (TPSA) is 41.8 Å². The summed E-state index contributed by atoms with van der Waals surface area (Å²) in [4.78, 5) is 0. The Morgan fingerprint density at radius 1 is 1.31 bits per heavy atom. The van der Waals surface area contributed by atoms with Crippen molar-refractivity contribution in [3.05, 3.63) is 29.8 Å². The summed E-state index contributed by atoms with van der Waals surface area (Å²) in [6.45, 7) is 6.85. The SMILES string of the molecule is C/C(=N/O)c1ccc(OCCC(C)C)cc1. The molecule has 1 N–H and O–H groups in total. The first-order chi connectivity index (χ1) is 7.63. The van der Waals surface area contributed by atoms with Crippen LogP contribution in [0.2, 0.25) is 0 Å². The van der Waals surface area contributed by atoms with Crippen molar-refractivity contribution >= 4 is 5.71 Å². The molecule has 0 aliphatic heterocycles. The first kappa shape index (κ1) is 12.6. The summed E-state index contributed by atoms with van der Waals surface area (Å²) >= 11 is 0. The molecule has 0 bridgehead atoms. The Balaban J connectivity index is 2.52. The molecule has 0 aliphatic carbocycles. The Kier molecular flexibility index (Phi) is 4.83. The zero-order valence-electron chi connectivity index (χ0n) is 10.1. The van der Waals surface area contributed by atoms with Gasteiger partial charge in [0.2, 0.25) is 0 Å². The van der Waals surface area contributed by atoms with Gasteiger partial charge in [0.15, 0.2) is 0 Å². The summed E-state index contributed by atoms with van der Waals surface area (Å²) in [6, 6.07) is 7.56. The quantitative estimate of drug-likeness (QED) is 0.471. The van der Waals surface area contributed by atoms with Gasteiger partial charge >= 0.3 is 0 Å². The molecule has 0 aliphatic rings. The number of nitrogens with zero attached hydrogens (tertiary/aromatic N) is 1. The molecule has 0 amide bonds. The minimum absolute atomic E-state index is 0.605. The largest absolute Gasteiger partial charge is 0.494 e. The van der Waals surface area contributed by atoms with Crippen molar-refractivity contribution in [2.24, 2.45) is 11.1 Å². The highest BCUT2D eigenvalue weighted by Crippen LogP contribution is 2.13. The minimum atomic E-state index is 0.605. The number of hydrogen-bond acceptors (Lipinski definition) is 3. The van der Waals surface area contributed by atoms with E-state index in [2.05, 4.69) is 19.0 Å². The van der Waals surface area contributed by atoms with Crippen LogP contribution in [0.5, 0.6) is 5.75 Å². The molecule has 16 heavy (non-hydrogen) atoms. The monoisotopic (exact) mass is 221 g/mol. The number of hydrogen-bond donors (Lipinski definition) is 1. The minimum Gasteiger partial charge on any atom is -0.494 e. The first-order valence-electron chi connectivity index (χ1n) is 5.55. The highest BCUT2D eigenvalue weighted by Gasteiger charge is 1.99. The number of oxime groups is 1. The second-order valence-corrected chi connectivity index (χ2v) is 4.24. The molecular formula is C13H19NO2. The van der Waals surface area contributed by atoms with Crippen LogP contribution in [0.3, 0.4) is 0 Å². The van der Waals surface area contributed by atoms with Crippen LogP contribution in [0.15, 0.2) is 29.4 Å². The van der Waals surface area contributed by atoms with Gasteiger partial charge in [-0.15, -0.1) is 0 Å². The van der Waals surface area contributed by atoms with Crippen molar-refractivity contribution < 1.29 is 9.94 Å². The molecule has 0 radical (unpaired) electrons. The lowest BCUT2D eigenvalue weighted by Crippen LogP contribution is -2.01. The van der Waals surface area contributed by atoms with Crippen LogP contribution in [0.25, 0.3) is 0 Å². The molecule has 1 rings (SSSR count). The van der Waals surface area contributed by atoms with Crippen LogP contribution in [0, 0.1) is 5.92 Å². The van der Waals surface area contributed by atoms with Crippen molar-refractivity contribution in [3.8, 4) is 5.75 Å². The fourth-order valence-corrected chi connectivity index (χ4v) is 1.26. The standard InChI is InChI=1S/C13H19NO2/c1-10(2)8-9-16-13-6-4-12(5-7-13)11(3)14-15/h4-7,10,15H,8-9H2,1-3H3/b14-11-. The number of ether oxygens (including phenoxy) is 1. The van der Waals surface area contributed by atoms with E-state index >= 15 is 0 Å². The van der Waals surface area contributed by atoms with Gasteiger partial charge in [0.25, 0.3) is 0 Å². The zero-order chi connectivity index (χ0) is 12.0. The molecular weight excluding hydrogens is 202 g/mol. The fraction of sp³-hybridized carbons (Fsp3) is 0.462. The van der Waals surface area contributed by atoms with Crippen LogP contribution in [0.1, 0.15) is 32.8 Å². The van der Waals surface area contributed by atoms with E-state index in [9.17, 15) is 0 Å². The van der Waals surface area contributed by atoms with Crippen molar-refractivity contribution in [1.29, 1.82) is 0 Å². The Hall–Kier alpha value is -1.51. The molecule has 1 aromatic carbocycles. The first-order valence-corrected chi connectivity index (χ1v) is 5.55. The highest BCUT2D eigenvalue weighted by atomic mass is 16.5. The van der Waals surface area contributed by atoms with E-state index in [-0.39, 0.29) is 0 Å². The molecule has 3 heteroatoms. The fourth-order valence-electron chi connectivity index (χ4n) is 1.26. The maximum Gasteiger partial charge on any atom is 0.119 e. The van der Waals surface area contributed by atoms with Crippen molar-refractivity contribution in [2.75, 3.05) is 6.61 Å². The molecule has 0 fully saturated rings. The zero-order valence-corrected chi connectivity index (χ0v) is 10.1. The van der Waals surface area contributed by atoms with Gasteiger partial charge in [-0.3, -0.25) is 0 Å². The second kappa shape index (κ2) is 6.16. The Labute approximate surface area is 96.7 Å². The molecule has 0 unspecified atom stereocenters. The van der Waals surface area contributed by atoms with Crippen molar-refractivity contribution in [1.82, 2.24) is 0 Å². The van der Waals surface area contributed by atoms with Gasteiger partial charge in [0, 0.05) is 0 Å². The van der Waals surface area contributed by atoms with Gasteiger partial charge in [0.05, 0.1) is 12.3 Å². The molecule has 0 saturated carbocycles. The third-order valence-corrected chi connectivity index (χ3v) is 2.39. The van der Waals surface area contributed by atoms with Crippen LogP contribution in [-0.4, -0.2) is 17.5 Å². The van der Waals surface area contributed by atoms with E-state index < -0.39 is 0 Å².